The van der Waals surface area contributed by atoms with E-state index >= 15 is 0 Å². The molecule has 1 N–H and O–H groups in total. The van der Waals surface area contributed by atoms with Crippen molar-refractivity contribution in [1.29, 1.82) is 0 Å². The summed E-state index contributed by atoms with van der Waals surface area (Å²) in [6, 6.07) is 8.51. The average molecular weight is 278 g/mol. The predicted octanol–water partition coefficient (Wildman–Crippen LogP) is 2.07. The van der Waals surface area contributed by atoms with Crippen molar-refractivity contribution < 1.29 is 9.47 Å². The Bertz CT molecular complexity index is 411. The van der Waals surface area contributed by atoms with Crippen LogP contribution in [0.3, 0.4) is 0 Å². The first-order chi connectivity index (χ1) is 9.72. The zero-order valence-electron chi connectivity index (χ0n) is 12.8. The minimum atomic E-state index is 0.289. The highest BCUT2D eigenvalue weighted by Crippen LogP contribution is 2.18. The van der Waals surface area contributed by atoms with E-state index < -0.39 is 0 Å². The van der Waals surface area contributed by atoms with Crippen LogP contribution in [0.25, 0.3) is 0 Å². The Kier molecular flexibility index (Phi) is 5.83. The summed E-state index contributed by atoms with van der Waals surface area (Å²) in [7, 11) is 1.70. The molecule has 0 aromatic heterocycles. The third-order valence-corrected chi connectivity index (χ3v) is 3.92. The molecule has 0 radical (unpaired) electrons. The lowest BCUT2D eigenvalue weighted by Gasteiger charge is -2.32. The number of nitrogens with one attached hydrogen (secondary N) is 1. The molecule has 0 saturated carbocycles. The predicted molar refractivity (Wildman–Crippen MR) is 81.3 cm³/mol. The maximum Gasteiger partial charge on any atom is 0.119 e. The number of rotatable bonds is 6. The lowest BCUT2D eigenvalue weighted by atomic mass is 10.1. The second-order valence-corrected chi connectivity index (χ2v) is 5.29. The molecule has 2 unspecified atom stereocenters. The highest BCUT2D eigenvalue weighted by molar-refractivity contribution is 5.30. The van der Waals surface area contributed by atoms with Crippen molar-refractivity contribution in [2.75, 3.05) is 39.9 Å². The van der Waals surface area contributed by atoms with Gasteiger partial charge in [-0.1, -0.05) is 19.1 Å². The summed E-state index contributed by atoms with van der Waals surface area (Å²) in [6.07, 6.45) is 0.289. The summed E-state index contributed by atoms with van der Waals surface area (Å²) in [5.74, 6) is 0.905. The maximum atomic E-state index is 5.81. The smallest absolute Gasteiger partial charge is 0.119 e. The summed E-state index contributed by atoms with van der Waals surface area (Å²) in [6.45, 7) is 9.28. The fourth-order valence-electron chi connectivity index (χ4n) is 2.53. The summed E-state index contributed by atoms with van der Waals surface area (Å²) in [5.41, 5.74) is 1.24. The number of hydrogen-bond donors (Lipinski definition) is 1. The van der Waals surface area contributed by atoms with E-state index in [0.717, 1.165) is 38.5 Å². The van der Waals surface area contributed by atoms with Crippen LogP contribution in [-0.2, 0) is 4.74 Å². The molecule has 1 aliphatic heterocycles. The van der Waals surface area contributed by atoms with Gasteiger partial charge in [-0.25, -0.2) is 0 Å². The van der Waals surface area contributed by atoms with Crippen LogP contribution < -0.4 is 10.1 Å². The Balaban J connectivity index is 1.83. The molecule has 1 aliphatic rings. The van der Waals surface area contributed by atoms with Crippen molar-refractivity contribution in [3.05, 3.63) is 29.8 Å². The van der Waals surface area contributed by atoms with Crippen LogP contribution in [0.5, 0.6) is 5.75 Å². The maximum absolute atomic E-state index is 5.81. The number of ether oxygens (including phenoxy) is 2. The molecule has 4 heteroatoms. The molecule has 0 spiro atoms. The highest BCUT2D eigenvalue weighted by atomic mass is 16.5. The highest BCUT2D eigenvalue weighted by Gasteiger charge is 2.19. The van der Waals surface area contributed by atoms with Crippen molar-refractivity contribution in [2.24, 2.45) is 0 Å². The van der Waals surface area contributed by atoms with Gasteiger partial charge in [0.1, 0.15) is 5.75 Å². The zero-order chi connectivity index (χ0) is 14.4. The summed E-state index contributed by atoms with van der Waals surface area (Å²) >= 11 is 0. The first-order valence-electron chi connectivity index (χ1n) is 7.44. The summed E-state index contributed by atoms with van der Waals surface area (Å²) in [4.78, 5) is 2.44. The normalized spacial score (nSPS) is 21.6. The fourth-order valence-corrected chi connectivity index (χ4v) is 2.53. The lowest BCUT2D eigenvalue weighted by Crippen LogP contribution is -2.46. The van der Waals surface area contributed by atoms with Crippen LogP contribution in [0.1, 0.15) is 25.5 Å². The Hall–Kier alpha value is -1.10. The molecule has 20 heavy (non-hydrogen) atoms. The van der Waals surface area contributed by atoms with Crippen molar-refractivity contribution in [1.82, 2.24) is 10.2 Å². The van der Waals surface area contributed by atoms with E-state index in [0.29, 0.717) is 6.04 Å². The van der Waals surface area contributed by atoms with Crippen LogP contribution in [0.15, 0.2) is 24.3 Å². The van der Waals surface area contributed by atoms with Gasteiger partial charge in [-0.3, -0.25) is 4.90 Å². The minimum Gasteiger partial charge on any atom is -0.497 e. The number of methoxy groups -OCH3 is 1. The first-order valence-corrected chi connectivity index (χ1v) is 7.44. The van der Waals surface area contributed by atoms with Crippen molar-refractivity contribution in [2.45, 2.75) is 26.0 Å². The van der Waals surface area contributed by atoms with Gasteiger partial charge in [0.2, 0.25) is 0 Å². The molecular formula is C16H26N2O2. The molecule has 1 heterocycles. The van der Waals surface area contributed by atoms with Crippen molar-refractivity contribution in [3.63, 3.8) is 0 Å². The molecule has 1 aromatic carbocycles. The molecule has 0 bridgehead atoms. The molecule has 0 aliphatic carbocycles. The van der Waals surface area contributed by atoms with E-state index in [1.165, 1.54) is 5.56 Å². The van der Waals surface area contributed by atoms with E-state index in [1.54, 1.807) is 7.11 Å². The molecule has 0 amide bonds. The molecule has 1 saturated heterocycles. The molecule has 1 fully saturated rings. The molecular weight excluding hydrogens is 252 g/mol. The molecule has 2 rings (SSSR count). The van der Waals surface area contributed by atoms with Crippen molar-refractivity contribution >= 4 is 0 Å². The van der Waals surface area contributed by atoms with Gasteiger partial charge in [0.15, 0.2) is 0 Å². The largest absolute Gasteiger partial charge is 0.497 e. The van der Waals surface area contributed by atoms with Gasteiger partial charge >= 0.3 is 0 Å². The summed E-state index contributed by atoms with van der Waals surface area (Å²) < 4.78 is 11.1. The molecule has 1 aromatic rings. The van der Waals surface area contributed by atoms with Gasteiger partial charge in [-0.05, 0) is 31.2 Å². The topological polar surface area (TPSA) is 33.7 Å². The fraction of sp³-hybridized carbons (Fsp3) is 0.625. The number of likely N-dealkylation sites (N-methyl/N-ethyl adjacent to an activating group) is 1. The Morgan fingerprint density at radius 2 is 2.35 bits per heavy atom. The minimum absolute atomic E-state index is 0.289. The number of morpholine rings is 1. The standard InChI is InChI=1S/C16H26N2O2/c1-4-18-8-9-20-16(12-18)11-17-13(2)14-6-5-7-15(10-14)19-3/h5-7,10,13,16-17H,4,8-9,11-12H2,1-3H3. The summed E-state index contributed by atoms with van der Waals surface area (Å²) in [5, 5.41) is 3.56. The Labute approximate surface area is 122 Å². The average Bonchev–Trinajstić information content (AvgIpc) is 2.52. The Morgan fingerprint density at radius 3 is 3.10 bits per heavy atom. The quantitative estimate of drug-likeness (QED) is 0.863. The molecule has 4 nitrogen and oxygen atoms in total. The van der Waals surface area contributed by atoms with E-state index in [4.69, 9.17) is 9.47 Å². The van der Waals surface area contributed by atoms with Gasteiger partial charge in [0.25, 0.3) is 0 Å². The number of nitrogens with zero attached hydrogens (tertiary/aromatic N) is 1. The van der Waals surface area contributed by atoms with E-state index in [1.807, 2.05) is 12.1 Å². The number of hydrogen-bond acceptors (Lipinski definition) is 4. The van der Waals surface area contributed by atoms with Gasteiger partial charge in [-0.15, -0.1) is 0 Å². The SMILES string of the molecule is CCN1CCOC(CNC(C)c2cccc(OC)c2)C1. The van der Waals surface area contributed by atoms with Crippen molar-refractivity contribution in [3.8, 4) is 5.75 Å². The van der Waals surface area contributed by atoms with Crippen LogP contribution in [0.4, 0.5) is 0 Å². The van der Waals surface area contributed by atoms with Gasteiger partial charge < -0.3 is 14.8 Å². The van der Waals surface area contributed by atoms with Crippen LogP contribution in [0.2, 0.25) is 0 Å². The van der Waals surface area contributed by atoms with Gasteiger partial charge in [0.05, 0.1) is 19.8 Å². The second kappa shape index (κ2) is 7.62. The third kappa shape index (κ3) is 4.20. The van der Waals surface area contributed by atoms with Gasteiger partial charge in [-0.2, -0.15) is 0 Å². The monoisotopic (exact) mass is 278 g/mol. The van der Waals surface area contributed by atoms with E-state index in [9.17, 15) is 0 Å². The first kappa shape index (κ1) is 15.3. The van der Waals surface area contributed by atoms with E-state index in [2.05, 4.69) is 36.2 Å². The molecule has 112 valence electrons. The van der Waals surface area contributed by atoms with Crippen LogP contribution in [0, 0.1) is 0 Å². The van der Waals surface area contributed by atoms with E-state index in [-0.39, 0.29) is 6.10 Å². The third-order valence-electron chi connectivity index (χ3n) is 3.92. The Morgan fingerprint density at radius 1 is 1.50 bits per heavy atom. The number of benzene rings is 1. The van der Waals surface area contributed by atoms with Gasteiger partial charge in [0, 0.05) is 25.7 Å². The van der Waals surface area contributed by atoms with Crippen LogP contribution >= 0.6 is 0 Å². The second-order valence-electron chi connectivity index (χ2n) is 5.29. The lowest BCUT2D eigenvalue weighted by molar-refractivity contribution is -0.0262. The molecule has 2 atom stereocenters. The van der Waals surface area contributed by atoms with Crippen LogP contribution in [-0.4, -0.2) is 50.9 Å². The zero-order valence-corrected chi connectivity index (χ0v) is 12.8.